The fourth-order valence-corrected chi connectivity index (χ4v) is 4.59. The van der Waals surface area contributed by atoms with Gasteiger partial charge in [0.1, 0.15) is 11.9 Å². The van der Waals surface area contributed by atoms with Crippen LogP contribution in [-0.4, -0.2) is 45.0 Å². The van der Waals surface area contributed by atoms with E-state index in [0.29, 0.717) is 24.8 Å². The number of hydrogen-bond acceptors (Lipinski definition) is 6. The lowest BCUT2D eigenvalue weighted by Gasteiger charge is -2.37. The first kappa shape index (κ1) is 21.5. The van der Waals surface area contributed by atoms with Crippen LogP contribution < -0.4 is 5.32 Å². The van der Waals surface area contributed by atoms with Gasteiger partial charge in [0.2, 0.25) is 0 Å². The van der Waals surface area contributed by atoms with Crippen LogP contribution in [0, 0.1) is 0 Å². The molecule has 5 rings (SSSR count). The Morgan fingerprint density at radius 1 is 1.00 bits per heavy atom. The van der Waals surface area contributed by atoms with E-state index in [-0.39, 0.29) is 18.1 Å². The van der Waals surface area contributed by atoms with Crippen LogP contribution in [0.25, 0.3) is 11.3 Å². The second-order valence-corrected chi connectivity index (χ2v) is 8.63. The Hall–Kier alpha value is -3.32. The first-order chi connectivity index (χ1) is 16.3. The number of carbonyl (C=O) groups excluding carboxylic acids is 1. The van der Waals surface area contributed by atoms with Gasteiger partial charge >= 0.3 is 0 Å². The highest BCUT2D eigenvalue weighted by atomic mass is 16.5. The molecule has 1 amide bonds. The molecule has 2 fully saturated rings. The Labute approximate surface area is 194 Å². The van der Waals surface area contributed by atoms with Crippen molar-refractivity contribution in [3.8, 4) is 11.3 Å². The monoisotopic (exact) mass is 443 g/mol. The van der Waals surface area contributed by atoms with Gasteiger partial charge in [-0.3, -0.25) is 9.78 Å². The third-order valence-corrected chi connectivity index (χ3v) is 6.29. The molecule has 2 atom stereocenters. The number of para-hydroxylation sites is 1. The predicted octanol–water partition coefficient (Wildman–Crippen LogP) is 4.90. The third-order valence-electron chi connectivity index (χ3n) is 6.29. The lowest BCUT2D eigenvalue weighted by Crippen LogP contribution is -2.46. The van der Waals surface area contributed by atoms with Crippen LogP contribution in [0.3, 0.4) is 0 Å². The molecule has 2 aliphatic heterocycles. The number of anilines is 2. The topological polar surface area (TPSA) is 80.2 Å². The smallest absolute Gasteiger partial charge is 0.252 e. The molecule has 1 aromatic carbocycles. The van der Waals surface area contributed by atoms with E-state index in [9.17, 15) is 4.79 Å². The van der Waals surface area contributed by atoms with Crippen LogP contribution in [-0.2, 0) is 9.53 Å². The lowest BCUT2D eigenvalue weighted by atomic mass is 9.98. The maximum Gasteiger partial charge on any atom is 0.252 e. The Morgan fingerprint density at radius 3 is 2.67 bits per heavy atom. The summed E-state index contributed by atoms with van der Waals surface area (Å²) in [6, 6.07) is 15.6. The molecule has 7 heteroatoms. The summed E-state index contributed by atoms with van der Waals surface area (Å²) in [6.45, 7) is 1.37. The fraction of sp³-hybridized carbons (Fsp3) is 0.385. The molecule has 2 saturated heterocycles. The molecule has 7 nitrogen and oxygen atoms in total. The van der Waals surface area contributed by atoms with Crippen molar-refractivity contribution >= 4 is 17.4 Å². The SMILES string of the molecule is O=C([C@H]1CCCCO1)N1CCCC[C@@H]1c1nc(Nc2ccccc2)cc(-c2cccnc2)n1. The molecule has 4 heterocycles. The molecule has 1 N–H and O–H groups in total. The maximum absolute atomic E-state index is 13.4. The number of ether oxygens (including phenoxy) is 1. The summed E-state index contributed by atoms with van der Waals surface area (Å²) < 4.78 is 5.82. The lowest BCUT2D eigenvalue weighted by molar-refractivity contribution is -0.150. The van der Waals surface area contributed by atoms with Crippen LogP contribution in [0.5, 0.6) is 0 Å². The number of benzene rings is 1. The van der Waals surface area contributed by atoms with Gasteiger partial charge in [0.05, 0.1) is 11.7 Å². The average molecular weight is 444 g/mol. The second kappa shape index (κ2) is 10.1. The number of amides is 1. The van der Waals surface area contributed by atoms with E-state index in [2.05, 4.69) is 10.3 Å². The van der Waals surface area contributed by atoms with Crippen LogP contribution in [0.2, 0.25) is 0 Å². The molecule has 0 bridgehead atoms. The zero-order valence-corrected chi connectivity index (χ0v) is 18.7. The van der Waals surface area contributed by atoms with Crippen molar-refractivity contribution in [2.45, 2.75) is 50.7 Å². The third kappa shape index (κ3) is 5.03. The molecular formula is C26H29N5O2. The Bertz CT molecular complexity index is 1070. The number of nitrogens with one attached hydrogen (secondary N) is 1. The molecule has 0 aliphatic carbocycles. The number of rotatable bonds is 5. The summed E-state index contributed by atoms with van der Waals surface area (Å²) in [6.07, 6.45) is 8.94. The molecule has 0 radical (unpaired) electrons. The highest BCUT2D eigenvalue weighted by Gasteiger charge is 2.35. The van der Waals surface area contributed by atoms with E-state index < -0.39 is 0 Å². The van der Waals surface area contributed by atoms with Gasteiger partial charge in [-0.15, -0.1) is 0 Å². The van der Waals surface area contributed by atoms with Crippen LogP contribution >= 0.6 is 0 Å². The zero-order chi connectivity index (χ0) is 22.5. The molecule has 33 heavy (non-hydrogen) atoms. The molecule has 0 spiro atoms. The molecule has 2 aliphatic rings. The molecule has 0 unspecified atom stereocenters. The number of hydrogen-bond donors (Lipinski definition) is 1. The summed E-state index contributed by atoms with van der Waals surface area (Å²) in [7, 11) is 0. The first-order valence-corrected chi connectivity index (χ1v) is 11.8. The minimum absolute atomic E-state index is 0.0762. The van der Waals surface area contributed by atoms with Gasteiger partial charge in [0.15, 0.2) is 5.82 Å². The van der Waals surface area contributed by atoms with E-state index in [0.717, 1.165) is 55.5 Å². The zero-order valence-electron chi connectivity index (χ0n) is 18.7. The van der Waals surface area contributed by atoms with Gasteiger partial charge in [-0.25, -0.2) is 9.97 Å². The fourth-order valence-electron chi connectivity index (χ4n) is 4.59. The largest absolute Gasteiger partial charge is 0.368 e. The van der Waals surface area contributed by atoms with E-state index in [1.165, 1.54) is 0 Å². The van der Waals surface area contributed by atoms with Gasteiger partial charge in [-0.2, -0.15) is 0 Å². The van der Waals surface area contributed by atoms with Crippen molar-refractivity contribution in [2.24, 2.45) is 0 Å². The minimum atomic E-state index is -0.345. The number of piperidine rings is 1. The Morgan fingerprint density at radius 2 is 1.88 bits per heavy atom. The van der Waals surface area contributed by atoms with E-state index in [4.69, 9.17) is 14.7 Å². The minimum Gasteiger partial charge on any atom is -0.368 e. The number of likely N-dealkylation sites (tertiary alicyclic amines) is 1. The first-order valence-electron chi connectivity index (χ1n) is 11.8. The van der Waals surface area contributed by atoms with Gasteiger partial charge < -0.3 is 15.0 Å². The van der Waals surface area contributed by atoms with E-state index in [1.54, 1.807) is 12.4 Å². The molecule has 2 aromatic heterocycles. The van der Waals surface area contributed by atoms with Crippen molar-refractivity contribution in [2.75, 3.05) is 18.5 Å². The van der Waals surface area contributed by atoms with Gasteiger partial charge in [0.25, 0.3) is 5.91 Å². The van der Waals surface area contributed by atoms with Gasteiger partial charge in [-0.05, 0) is 62.8 Å². The normalized spacial score (nSPS) is 20.9. The quantitative estimate of drug-likeness (QED) is 0.604. The molecular weight excluding hydrogens is 414 g/mol. The maximum atomic E-state index is 13.4. The van der Waals surface area contributed by atoms with E-state index in [1.807, 2.05) is 53.4 Å². The number of aromatic nitrogens is 3. The summed E-state index contributed by atoms with van der Waals surface area (Å²) in [5.41, 5.74) is 2.66. The van der Waals surface area contributed by atoms with Crippen LogP contribution in [0.15, 0.2) is 60.9 Å². The van der Waals surface area contributed by atoms with Gasteiger partial charge in [-0.1, -0.05) is 18.2 Å². The van der Waals surface area contributed by atoms with Crippen molar-refractivity contribution in [3.63, 3.8) is 0 Å². The average Bonchev–Trinajstić information content (AvgIpc) is 2.90. The molecule has 0 saturated carbocycles. The summed E-state index contributed by atoms with van der Waals surface area (Å²) in [5, 5.41) is 3.40. The summed E-state index contributed by atoms with van der Waals surface area (Å²) in [5.74, 6) is 1.45. The van der Waals surface area contributed by atoms with Gasteiger partial charge in [0, 0.05) is 42.9 Å². The highest BCUT2D eigenvalue weighted by Crippen LogP contribution is 2.33. The Kier molecular flexibility index (Phi) is 6.58. The van der Waals surface area contributed by atoms with Crippen LogP contribution in [0.4, 0.5) is 11.5 Å². The second-order valence-electron chi connectivity index (χ2n) is 8.63. The molecule has 170 valence electrons. The summed E-state index contributed by atoms with van der Waals surface area (Å²) >= 11 is 0. The predicted molar refractivity (Wildman–Crippen MR) is 127 cm³/mol. The summed E-state index contributed by atoms with van der Waals surface area (Å²) in [4.78, 5) is 29.4. The standard InChI is InChI=1S/C26H29N5O2/c32-26(23-13-5-7-16-33-23)31-15-6-4-12-22(31)25-29-21(19-9-8-14-27-18-19)17-24(30-25)28-20-10-2-1-3-11-20/h1-3,8-11,14,17-18,22-23H,4-7,12-13,15-16H2,(H,28,29,30)/t22-,23-/m1/s1. The Balaban J connectivity index is 1.50. The number of carbonyl (C=O) groups is 1. The van der Waals surface area contributed by atoms with Crippen LogP contribution in [0.1, 0.15) is 50.4 Å². The highest BCUT2D eigenvalue weighted by molar-refractivity contribution is 5.81. The van der Waals surface area contributed by atoms with E-state index >= 15 is 0 Å². The number of pyridine rings is 1. The molecule has 3 aromatic rings. The van der Waals surface area contributed by atoms with Crippen molar-refractivity contribution < 1.29 is 9.53 Å². The van der Waals surface area contributed by atoms with Crippen molar-refractivity contribution in [1.29, 1.82) is 0 Å². The van der Waals surface area contributed by atoms with Crippen molar-refractivity contribution in [1.82, 2.24) is 19.9 Å². The number of nitrogens with zero attached hydrogens (tertiary/aromatic N) is 4. The van der Waals surface area contributed by atoms with Crippen molar-refractivity contribution in [3.05, 3.63) is 66.7 Å².